The van der Waals surface area contributed by atoms with E-state index in [-0.39, 0.29) is 16.2 Å². The molecule has 1 aliphatic heterocycles. The normalized spacial score (nSPS) is 14.3. The molecule has 0 spiro atoms. The predicted octanol–water partition coefficient (Wildman–Crippen LogP) is 3.68. The first-order valence-corrected chi connectivity index (χ1v) is 10.2. The first-order chi connectivity index (χ1) is 12.6. The Morgan fingerprint density at radius 1 is 1.07 bits per heavy atom. The highest BCUT2D eigenvalue weighted by molar-refractivity contribution is 7.92. The van der Waals surface area contributed by atoms with E-state index in [0.717, 1.165) is 11.1 Å². The van der Waals surface area contributed by atoms with E-state index < -0.39 is 10.0 Å². The lowest BCUT2D eigenvalue weighted by Gasteiger charge is -2.22. The van der Waals surface area contributed by atoms with Crippen molar-refractivity contribution in [3.05, 3.63) is 47.5 Å². The molecule has 0 saturated carbocycles. The fourth-order valence-corrected chi connectivity index (χ4v) is 4.10. The highest BCUT2D eigenvalue weighted by Crippen LogP contribution is 2.33. The van der Waals surface area contributed by atoms with Crippen molar-refractivity contribution in [2.24, 2.45) is 0 Å². The second kappa shape index (κ2) is 6.88. The third-order valence-electron chi connectivity index (χ3n) is 4.59. The van der Waals surface area contributed by atoms with Gasteiger partial charge in [0.15, 0.2) is 0 Å². The molecule has 0 fully saturated rings. The summed E-state index contributed by atoms with van der Waals surface area (Å²) < 4.78 is 33.8. The number of sulfonamides is 1. The van der Waals surface area contributed by atoms with E-state index in [9.17, 15) is 13.2 Å². The summed E-state index contributed by atoms with van der Waals surface area (Å²) in [6, 6.07) is 10.2. The number of hydrogen-bond acceptors (Lipinski definition) is 4. The number of methoxy groups -OCH3 is 1. The van der Waals surface area contributed by atoms with E-state index in [1.807, 2.05) is 6.07 Å². The molecule has 0 saturated heterocycles. The van der Waals surface area contributed by atoms with Crippen molar-refractivity contribution in [3.63, 3.8) is 0 Å². The maximum atomic E-state index is 12.9. The molecule has 6 nitrogen and oxygen atoms in total. The lowest BCUT2D eigenvalue weighted by atomic mass is 9.87. The molecule has 0 radical (unpaired) electrons. The van der Waals surface area contributed by atoms with Crippen molar-refractivity contribution in [3.8, 4) is 5.75 Å². The van der Waals surface area contributed by atoms with Crippen LogP contribution in [0.25, 0.3) is 0 Å². The van der Waals surface area contributed by atoms with Crippen LogP contribution < -0.4 is 14.8 Å². The van der Waals surface area contributed by atoms with Crippen LogP contribution >= 0.6 is 0 Å². The Hall–Kier alpha value is -2.54. The Balaban J connectivity index is 1.96. The Morgan fingerprint density at radius 2 is 1.81 bits per heavy atom. The molecule has 1 amide bonds. The molecular weight excluding hydrogens is 364 g/mol. The molecule has 1 heterocycles. The topological polar surface area (TPSA) is 84.5 Å². The molecule has 0 unspecified atom stereocenters. The maximum absolute atomic E-state index is 12.9. The van der Waals surface area contributed by atoms with Crippen molar-refractivity contribution in [2.75, 3.05) is 17.1 Å². The first-order valence-electron chi connectivity index (χ1n) is 8.74. The van der Waals surface area contributed by atoms with Crippen LogP contribution in [0.1, 0.15) is 38.3 Å². The van der Waals surface area contributed by atoms with E-state index in [1.54, 1.807) is 24.3 Å². The largest absolute Gasteiger partial charge is 0.495 e. The van der Waals surface area contributed by atoms with Gasteiger partial charge in [-0.2, -0.15) is 0 Å². The number of nitrogens with one attached hydrogen (secondary N) is 2. The van der Waals surface area contributed by atoms with Gasteiger partial charge >= 0.3 is 0 Å². The summed E-state index contributed by atoms with van der Waals surface area (Å²) in [7, 11) is -2.29. The zero-order chi connectivity index (χ0) is 19.8. The van der Waals surface area contributed by atoms with Gasteiger partial charge in [0.25, 0.3) is 10.0 Å². The first kappa shape index (κ1) is 19.2. The fourth-order valence-electron chi connectivity index (χ4n) is 2.98. The third-order valence-corrected chi connectivity index (χ3v) is 5.96. The van der Waals surface area contributed by atoms with Crippen LogP contribution in [-0.4, -0.2) is 21.4 Å². The van der Waals surface area contributed by atoms with Crippen LogP contribution in [0.4, 0.5) is 11.4 Å². The predicted molar refractivity (Wildman–Crippen MR) is 106 cm³/mol. The Kier molecular flexibility index (Phi) is 4.90. The van der Waals surface area contributed by atoms with Gasteiger partial charge in [-0.3, -0.25) is 9.52 Å². The van der Waals surface area contributed by atoms with E-state index in [2.05, 4.69) is 30.8 Å². The molecule has 7 heteroatoms. The summed E-state index contributed by atoms with van der Waals surface area (Å²) in [4.78, 5) is 11.6. The van der Waals surface area contributed by atoms with Crippen molar-refractivity contribution in [1.29, 1.82) is 0 Å². The lowest BCUT2D eigenvalue weighted by Crippen LogP contribution is -2.20. The summed E-state index contributed by atoms with van der Waals surface area (Å²) >= 11 is 0. The van der Waals surface area contributed by atoms with Crippen LogP contribution in [-0.2, 0) is 26.7 Å². The Bertz CT molecular complexity index is 992. The van der Waals surface area contributed by atoms with E-state index >= 15 is 0 Å². The minimum Gasteiger partial charge on any atom is -0.495 e. The third kappa shape index (κ3) is 4.08. The lowest BCUT2D eigenvalue weighted by molar-refractivity contribution is -0.116. The van der Waals surface area contributed by atoms with Crippen LogP contribution in [0.5, 0.6) is 5.75 Å². The van der Waals surface area contributed by atoms with Gasteiger partial charge in [0.2, 0.25) is 5.91 Å². The van der Waals surface area contributed by atoms with Crippen molar-refractivity contribution in [1.82, 2.24) is 0 Å². The average molecular weight is 388 g/mol. The Morgan fingerprint density at radius 3 is 2.48 bits per heavy atom. The number of hydrogen-bond donors (Lipinski definition) is 2. The summed E-state index contributed by atoms with van der Waals surface area (Å²) in [5.41, 5.74) is 2.74. The number of amides is 1. The molecule has 0 aromatic heterocycles. The smallest absolute Gasteiger partial charge is 0.262 e. The summed E-state index contributed by atoms with van der Waals surface area (Å²) in [6.07, 6.45) is 0.874. The van der Waals surface area contributed by atoms with Crippen LogP contribution in [0.2, 0.25) is 0 Å². The molecule has 0 aliphatic carbocycles. The second-order valence-electron chi connectivity index (χ2n) is 7.64. The van der Waals surface area contributed by atoms with Crippen LogP contribution in [0.3, 0.4) is 0 Å². The maximum Gasteiger partial charge on any atom is 0.262 e. The SMILES string of the molecule is COc1ccc(C(C)(C)C)cc1NS(=O)(=O)c1ccc2c(c1)CCC(=O)N2. The number of anilines is 2. The van der Waals surface area contributed by atoms with E-state index in [4.69, 9.17) is 4.74 Å². The molecule has 0 atom stereocenters. The molecular formula is C20H24N2O4S. The van der Waals surface area contributed by atoms with Crippen molar-refractivity contribution in [2.45, 2.75) is 43.9 Å². The molecule has 1 aliphatic rings. The number of ether oxygens (including phenoxy) is 1. The number of rotatable bonds is 4. The van der Waals surface area contributed by atoms with Crippen LogP contribution in [0, 0.1) is 0 Å². The second-order valence-corrected chi connectivity index (χ2v) is 9.32. The van der Waals surface area contributed by atoms with Gasteiger partial charge in [0.05, 0.1) is 17.7 Å². The summed E-state index contributed by atoms with van der Waals surface area (Å²) in [6.45, 7) is 6.18. The van der Waals surface area contributed by atoms with Gasteiger partial charge in [-0.05, 0) is 53.3 Å². The number of benzene rings is 2. The molecule has 2 aromatic rings. The number of carbonyl (C=O) groups is 1. The Labute approximate surface area is 160 Å². The monoisotopic (exact) mass is 388 g/mol. The van der Waals surface area contributed by atoms with Gasteiger partial charge < -0.3 is 10.1 Å². The zero-order valence-corrected chi connectivity index (χ0v) is 16.7. The fraction of sp³-hybridized carbons (Fsp3) is 0.350. The van der Waals surface area contributed by atoms with Gasteiger partial charge in [0.1, 0.15) is 5.75 Å². The van der Waals surface area contributed by atoms with Crippen molar-refractivity contribution < 1.29 is 17.9 Å². The van der Waals surface area contributed by atoms with Gasteiger partial charge in [-0.1, -0.05) is 26.8 Å². The standard InChI is InChI=1S/C20H24N2O4S/c1-20(2,3)14-6-9-18(26-4)17(12-14)22-27(24,25)15-7-8-16-13(11-15)5-10-19(23)21-16/h6-9,11-12,22H,5,10H2,1-4H3,(H,21,23). The number of aryl methyl sites for hydroxylation is 1. The van der Waals surface area contributed by atoms with Crippen LogP contribution in [0.15, 0.2) is 41.3 Å². The minimum absolute atomic E-state index is 0.0556. The highest BCUT2D eigenvalue weighted by atomic mass is 32.2. The minimum atomic E-state index is -3.80. The van der Waals surface area contributed by atoms with Gasteiger partial charge in [0, 0.05) is 12.1 Å². The average Bonchev–Trinajstić information content (AvgIpc) is 2.60. The molecule has 144 valence electrons. The molecule has 27 heavy (non-hydrogen) atoms. The van der Waals surface area contributed by atoms with Gasteiger partial charge in [-0.25, -0.2) is 8.42 Å². The van der Waals surface area contributed by atoms with Gasteiger partial charge in [-0.15, -0.1) is 0 Å². The number of carbonyl (C=O) groups excluding carboxylic acids is 1. The highest BCUT2D eigenvalue weighted by Gasteiger charge is 2.22. The van der Waals surface area contributed by atoms with E-state index in [0.29, 0.717) is 30.0 Å². The molecule has 3 rings (SSSR count). The number of fused-ring (bicyclic) bond motifs is 1. The molecule has 0 bridgehead atoms. The summed E-state index contributed by atoms with van der Waals surface area (Å²) in [5, 5.41) is 2.76. The zero-order valence-electron chi connectivity index (χ0n) is 15.9. The van der Waals surface area contributed by atoms with E-state index in [1.165, 1.54) is 13.2 Å². The quantitative estimate of drug-likeness (QED) is 0.837. The summed E-state index contributed by atoms with van der Waals surface area (Å²) in [5.74, 6) is 0.400. The van der Waals surface area contributed by atoms with Crippen molar-refractivity contribution >= 4 is 27.3 Å². The molecule has 2 aromatic carbocycles. The molecule has 2 N–H and O–H groups in total.